The van der Waals surface area contributed by atoms with Crippen LogP contribution >= 0.6 is 11.3 Å². The summed E-state index contributed by atoms with van der Waals surface area (Å²) in [4.78, 5) is 10.6. The van der Waals surface area contributed by atoms with Crippen molar-refractivity contribution in [3.63, 3.8) is 0 Å². The van der Waals surface area contributed by atoms with Crippen LogP contribution in [0.3, 0.4) is 0 Å². The summed E-state index contributed by atoms with van der Waals surface area (Å²) in [5.41, 5.74) is 10.0. The zero-order valence-electron chi connectivity index (χ0n) is 12.3. The lowest BCUT2D eigenvalue weighted by Gasteiger charge is -2.32. The van der Waals surface area contributed by atoms with Gasteiger partial charge in [-0.05, 0) is 36.3 Å². The first kappa shape index (κ1) is 13.7. The zero-order chi connectivity index (χ0) is 14.3. The topological polar surface area (TPSA) is 51.8 Å². The minimum Gasteiger partial charge on any atom is -0.323 e. The van der Waals surface area contributed by atoms with Crippen LogP contribution in [0.25, 0.3) is 10.7 Å². The molecule has 4 heteroatoms. The molecule has 0 radical (unpaired) electrons. The van der Waals surface area contributed by atoms with Gasteiger partial charge in [0.15, 0.2) is 0 Å². The lowest BCUT2D eigenvalue weighted by atomic mass is 9.77. The highest BCUT2D eigenvalue weighted by atomic mass is 32.1. The van der Waals surface area contributed by atoms with Crippen molar-refractivity contribution in [1.82, 2.24) is 9.97 Å². The highest BCUT2D eigenvalue weighted by Gasteiger charge is 2.33. The Hall–Kier alpha value is -1.26. The molecule has 1 aliphatic carbocycles. The van der Waals surface area contributed by atoms with E-state index in [1.54, 1.807) is 11.3 Å². The first-order chi connectivity index (χ1) is 9.50. The Labute approximate surface area is 124 Å². The predicted octanol–water partition coefficient (Wildman–Crippen LogP) is 3.74. The molecule has 0 aromatic carbocycles. The number of rotatable bonds is 2. The van der Waals surface area contributed by atoms with E-state index in [9.17, 15) is 0 Å². The summed E-state index contributed by atoms with van der Waals surface area (Å²) in [6, 6.07) is 4.24. The Morgan fingerprint density at radius 3 is 3.00 bits per heavy atom. The van der Waals surface area contributed by atoms with Crippen LogP contribution in [-0.4, -0.2) is 9.97 Å². The molecule has 0 saturated carbocycles. The van der Waals surface area contributed by atoms with Crippen LogP contribution in [0.2, 0.25) is 0 Å². The fourth-order valence-electron chi connectivity index (χ4n) is 3.01. The highest BCUT2D eigenvalue weighted by Crippen LogP contribution is 2.43. The lowest BCUT2D eigenvalue weighted by Crippen LogP contribution is -2.28. The second kappa shape index (κ2) is 4.93. The average Bonchev–Trinajstić information content (AvgIpc) is 2.81. The summed E-state index contributed by atoms with van der Waals surface area (Å²) in [6.07, 6.45) is 4.87. The Bertz CT molecular complexity index is 630. The fraction of sp³-hybridized carbons (Fsp3) is 0.500. The number of thiazole rings is 1. The van der Waals surface area contributed by atoms with Crippen LogP contribution in [0.1, 0.15) is 49.4 Å². The van der Waals surface area contributed by atoms with Crippen LogP contribution in [-0.2, 0) is 12.8 Å². The number of nitrogens with zero attached hydrogens (tertiary/aromatic N) is 2. The van der Waals surface area contributed by atoms with Crippen LogP contribution in [0.5, 0.6) is 0 Å². The molecule has 2 aromatic rings. The fourth-order valence-corrected chi connectivity index (χ4v) is 4.13. The van der Waals surface area contributed by atoms with Gasteiger partial charge >= 0.3 is 0 Å². The van der Waals surface area contributed by atoms with Gasteiger partial charge < -0.3 is 5.73 Å². The van der Waals surface area contributed by atoms with Crippen molar-refractivity contribution in [2.45, 2.75) is 46.1 Å². The molecular formula is C16H21N3S. The number of pyridine rings is 1. The molecule has 2 N–H and O–H groups in total. The molecule has 3 nitrogen and oxygen atoms in total. The second-order valence-electron chi connectivity index (χ2n) is 6.35. The van der Waals surface area contributed by atoms with Crippen LogP contribution < -0.4 is 5.73 Å². The van der Waals surface area contributed by atoms with Crippen LogP contribution in [0, 0.1) is 5.41 Å². The molecule has 0 fully saturated rings. The van der Waals surface area contributed by atoms with Gasteiger partial charge in [-0.1, -0.05) is 26.8 Å². The quantitative estimate of drug-likeness (QED) is 0.915. The van der Waals surface area contributed by atoms with Crippen LogP contribution in [0.4, 0.5) is 0 Å². The Morgan fingerprint density at radius 1 is 1.45 bits per heavy atom. The van der Waals surface area contributed by atoms with E-state index < -0.39 is 0 Å². The first-order valence-corrected chi connectivity index (χ1v) is 8.01. The number of aryl methyl sites for hydroxylation is 1. The molecule has 0 spiro atoms. The Morgan fingerprint density at radius 2 is 2.25 bits per heavy atom. The summed E-state index contributed by atoms with van der Waals surface area (Å²) in [6.45, 7) is 6.70. The first-order valence-electron chi connectivity index (χ1n) is 7.19. The summed E-state index contributed by atoms with van der Waals surface area (Å²) in [5.74, 6) is 0. The number of fused-ring (bicyclic) bond motifs is 1. The van der Waals surface area contributed by atoms with E-state index in [2.05, 4.69) is 31.8 Å². The maximum atomic E-state index is 6.33. The minimum atomic E-state index is 0.119. The third kappa shape index (κ3) is 2.38. The summed E-state index contributed by atoms with van der Waals surface area (Å²) in [5, 5.41) is 1.03. The third-order valence-electron chi connectivity index (χ3n) is 3.96. The van der Waals surface area contributed by atoms with E-state index >= 15 is 0 Å². The number of aromatic nitrogens is 2. The molecule has 106 valence electrons. The normalized spacial score (nSPS) is 20.7. The van der Waals surface area contributed by atoms with Crippen molar-refractivity contribution in [2.75, 3.05) is 0 Å². The maximum absolute atomic E-state index is 6.33. The monoisotopic (exact) mass is 287 g/mol. The molecular weight excluding hydrogens is 266 g/mol. The van der Waals surface area contributed by atoms with Crippen LogP contribution in [0.15, 0.2) is 18.3 Å². The standard InChI is InChI=1S/C16H21N3S/c1-4-10-6-5-7-18-13(10)15-19-12-9-16(2,3)8-11(17)14(12)20-15/h5-7,11H,4,8-9,17H2,1-3H3. The smallest absolute Gasteiger partial charge is 0.142 e. The molecule has 0 aliphatic heterocycles. The van der Waals surface area contributed by atoms with E-state index in [0.717, 1.165) is 30.0 Å². The van der Waals surface area contributed by atoms with Crippen molar-refractivity contribution in [3.05, 3.63) is 34.5 Å². The van der Waals surface area contributed by atoms with Crippen molar-refractivity contribution < 1.29 is 0 Å². The van der Waals surface area contributed by atoms with E-state index in [4.69, 9.17) is 10.7 Å². The number of nitrogens with two attached hydrogens (primary N) is 1. The molecule has 1 unspecified atom stereocenters. The molecule has 0 amide bonds. The number of hydrogen-bond acceptors (Lipinski definition) is 4. The zero-order valence-corrected chi connectivity index (χ0v) is 13.1. The summed E-state index contributed by atoms with van der Waals surface area (Å²) < 4.78 is 0. The van der Waals surface area contributed by atoms with Gasteiger partial charge in [0.2, 0.25) is 0 Å². The highest BCUT2D eigenvalue weighted by molar-refractivity contribution is 7.15. The van der Waals surface area contributed by atoms with Crippen molar-refractivity contribution in [2.24, 2.45) is 11.1 Å². The number of hydrogen-bond donors (Lipinski definition) is 1. The van der Waals surface area contributed by atoms with Gasteiger partial charge in [-0.25, -0.2) is 4.98 Å². The van der Waals surface area contributed by atoms with Gasteiger partial charge in [-0.3, -0.25) is 4.98 Å². The van der Waals surface area contributed by atoms with Gasteiger partial charge in [0.1, 0.15) is 10.7 Å². The van der Waals surface area contributed by atoms with Crippen molar-refractivity contribution >= 4 is 11.3 Å². The molecule has 1 atom stereocenters. The molecule has 2 aromatic heterocycles. The molecule has 20 heavy (non-hydrogen) atoms. The molecule has 1 aliphatic rings. The second-order valence-corrected chi connectivity index (χ2v) is 7.38. The van der Waals surface area contributed by atoms with Gasteiger partial charge in [0.25, 0.3) is 0 Å². The van der Waals surface area contributed by atoms with E-state index in [0.29, 0.717) is 0 Å². The van der Waals surface area contributed by atoms with Gasteiger partial charge in [-0.2, -0.15) is 0 Å². The lowest BCUT2D eigenvalue weighted by molar-refractivity contribution is 0.282. The molecule has 0 bridgehead atoms. The van der Waals surface area contributed by atoms with Crippen molar-refractivity contribution in [3.8, 4) is 10.7 Å². The van der Waals surface area contributed by atoms with E-state index in [-0.39, 0.29) is 11.5 Å². The van der Waals surface area contributed by atoms with Gasteiger partial charge in [0.05, 0.1) is 5.69 Å². The van der Waals surface area contributed by atoms with E-state index in [1.165, 1.54) is 16.1 Å². The third-order valence-corrected chi connectivity index (χ3v) is 5.19. The molecule has 2 heterocycles. The molecule has 0 saturated heterocycles. The van der Waals surface area contributed by atoms with Gasteiger partial charge in [-0.15, -0.1) is 11.3 Å². The Balaban J connectivity index is 2.06. The largest absolute Gasteiger partial charge is 0.323 e. The average molecular weight is 287 g/mol. The van der Waals surface area contributed by atoms with Gasteiger partial charge in [0, 0.05) is 17.1 Å². The summed E-state index contributed by atoms with van der Waals surface area (Å²) >= 11 is 1.73. The maximum Gasteiger partial charge on any atom is 0.142 e. The van der Waals surface area contributed by atoms with Crippen molar-refractivity contribution in [1.29, 1.82) is 0 Å². The predicted molar refractivity (Wildman–Crippen MR) is 83.8 cm³/mol. The van der Waals surface area contributed by atoms with E-state index in [1.807, 2.05) is 12.3 Å². The SMILES string of the molecule is CCc1cccnc1-c1nc2c(s1)C(N)CC(C)(C)C2. The molecule has 3 rings (SSSR count). The Kier molecular flexibility index (Phi) is 3.38. The summed E-state index contributed by atoms with van der Waals surface area (Å²) in [7, 11) is 0. The minimum absolute atomic E-state index is 0.119.